The van der Waals surface area contributed by atoms with Gasteiger partial charge in [-0.25, -0.2) is 9.36 Å². The van der Waals surface area contributed by atoms with Gasteiger partial charge in [-0.2, -0.15) is 10.2 Å². The summed E-state index contributed by atoms with van der Waals surface area (Å²) < 4.78 is 8.12. The van der Waals surface area contributed by atoms with Crippen LogP contribution in [0.15, 0.2) is 59.5 Å². The number of aromatic nitrogens is 4. The predicted molar refractivity (Wildman–Crippen MR) is 124 cm³/mol. The highest BCUT2D eigenvalue weighted by Crippen LogP contribution is 2.25. The molecule has 0 aliphatic carbocycles. The lowest BCUT2D eigenvalue weighted by molar-refractivity contribution is -0.117. The molecule has 0 spiro atoms. The van der Waals surface area contributed by atoms with E-state index in [1.807, 2.05) is 51.1 Å². The molecule has 32 heavy (non-hydrogen) atoms. The van der Waals surface area contributed by atoms with Crippen molar-refractivity contribution in [3.63, 3.8) is 0 Å². The molecule has 0 fully saturated rings. The molecule has 8 nitrogen and oxygen atoms in total. The van der Waals surface area contributed by atoms with Gasteiger partial charge in [-0.3, -0.25) is 9.59 Å². The zero-order chi connectivity index (χ0) is 22.8. The summed E-state index contributed by atoms with van der Waals surface area (Å²) in [6.45, 7) is 5.73. The van der Waals surface area contributed by atoms with E-state index in [-0.39, 0.29) is 23.9 Å². The minimum atomic E-state index is -0.375. The number of carbonyl (C=O) groups is 1. The van der Waals surface area contributed by atoms with Gasteiger partial charge in [0, 0.05) is 5.39 Å². The van der Waals surface area contributed by atoms with Crippen LogP contribution in [0.25, 0.3) is 16.6 Å². The second-order valence-electron chi connectivity index (χ2n) is 7.86. The molecule has 0 radical (unpaired) electrons. The first kappa shape index (κ1) is 21.3. The first-order chi connectivity index (χ1) is 15.4. The van der Waals surface area contributed by atoms with Crippen LogP contribution < -0.4 is 15.6 Å². The van der Waals surface area contributed by atoms with Crippen LogP contribution in [0.1, 0.15) is 31.0 Å². The number of hydrogen-bond donors (Lipinski definition) is 1. The fourth-order valence-electron chi connectivity index (χ4n) is 3.68. The first-order valence-electron chi connectivity index (χ1n) is 10.4. The lowest BCUT2D eigenvalue weighted by atomic mass is 10.1. The third-order valence-corrected chi connectivity index (χ3v) is 5.28. The van der Waals surface area contributed by atoms with E-state index in [1.165, 1.54) is 11.8 Å². The normalized spacial score (nSPS) is 11.2. The lowest BCUT2D eigenvalue weighted by Crippen LogP contribution is -2.31. The summed E-state index contributed by atoms with van der Waals surface area (Å²) in [7, 11) is 1.53. The van der Waals surface area contributed by atoms with Gasteiger partial charge in [0.1, 0.15) is 17.8 Å². The van der Waals surface area contributed by atoms with Crippen molar-refractivity contribution >= 4 is 22.5 Å². The van der Waals surface area contributed by atoms with E-state index in [0.29, 0.717) is 28.0 Å². The summed E-state index contributed by atoms with van der Waals surface area (Å²) in [5.41, 5.74) is 3.07. The van der Waals surface area contributed by atoms with Gasteiger partial charge < -0.3 is 10.1 Å². The molecule has 0 aliphatic rings. The summed E-state index contributed by atoms with van der Waals surface area (Å²) in [5, 5.41) is 12.5. The minimum absolute atomic E-state index is 0.0381. The molecule has 0 aliphatic heterocycles. The number of rotatable bonds is 6. The minimum Gasteiger partial charge on any atom is -0.495 e. The Kier molecular flexibility index (Phi) is 5.77. The number of anilines is 1. The van der Waals surface area contributed by atoms with Crippen LogP contribution in [0.4, 0.5) is 5.69 Å². The summed E-state index contributed by atoms with van der Waals surface area (Å²) in [5.74, 6) is 0.202. The fourth-order valence-corrected chi connectivity index (χ4v) is 3.68. The summed E-state index contributed by atoms with van der Waals surface area (Å²) in [6, 6.07) is 14.8. The van der Waals surface area contributed by atoms with Crippen LogP contribution in [0.5, 0.6) is 5.75 Å². The number of hydrogen-bond acceptors (Lipinski definition) is 5. The predicted octanol–water partition coefficient (Wildman–Crippen LogP) is 3.66. The standard InChI is InChI=1S/C24H25N5O3/c1-15(2)22-17-13-25-29(19-11-7-5-9-16(19)3)23(17)24(31)28(27-22)14-21(30)26-18-10-6-8-12-20(18)32-4/h5-13,15H,14H2,1-4H3,(H,26,30). The van der Waals surface area contributed by atoms with Crippen molar-refractivity contribution in [2.24, 2.45) is 0 Å². The molecule has 8 heteroatoms. The van der Waals surface area contributed by atoms with Crippen molar-refractivity contribution in [2.75, 3.05) is 12.4 Å². The molecule has 0 saturated carbocycles. The third kappa shape index (κ3) is 3.87. The SMILES string of the molecule is COc1ccccc1NC(=O)Cn1nc(C(C)C)c2cnn(-c3ccccc3C)c2c1=O. The second-order valence-corrected chi connectivity index (χ2v) is 7.86. The van der Waals surface area contributed by atoms with Gasteiger partial charge in [0.2, 0.25) is 5.91 Å². The Morgan fingerprint density at radius 3 is 2.56 bits per heavy atom. The van der Waals surface area contributed by atoms with E-state index in [1.54, 1.807) is 29.1 Å². The molecule has 1 amide bonds. The fraction of sp³-hybridized carbons (Fsp3) is 0.250. The van der Waals surface area contributed by atoms with Gasteiger partial charge in [-0.05, 0) is 36.6 Å². The quantitative estimate of drug-likeness (QED) is 0.503. The topological polar surface area (TPSA) is 91.0 Å². The van der Waals surface area contributed by atoms with Crippen molar-refractivity contribution in [1.82, 2.24) is 19.6 Å². The van der Waals surface area contributed by atoms with Gasteiger partial charge in [0.25, 0.3) is 5.56 Å². The Bertz CT molecular complexity index is 1350. The number of carbonyl (C=O) groups excluding carboxylic acids is 1. The highest BCUT2D eigenvalue weighted by atomic mass is 16.5. The van der Waals surface area contributed by atoms with E-state index in [0.717, 1.165) is 11.3 Å². The first-order valence-corrected chi connectivity index (χ1v) is 10.4. The Hall–Kier alpha value is -3.94. The highest BCUT2D eigenvalue weighted by Gasteiger charge is 2.20. The number of benzene rings is 2. The number of ether oxygens (including phenoxy) is 1. The van der Waals surface area contributed by atoms with Gasteiger partial charge in [-0.15, -0.1) is 0 Å². The monoisotopic (exact) mass is 431 g/mol. The molecule has 0 unspecified atom stereocenters. The highest BCUT2D eigenvalue weighted by molar-refractivity contribution is 5.92. The Morgan fingerprint density at radius 2 is 1.84 bits per heavy atom. The zero-order valence-electron chi connectivity index (χ0n) is 18.5. The number of amides is 1. The molecule has 4 rings (SSSR count). The van der Waals surface area contributed by atoms with Crippen LogP contribution in [0.3, 0.4) is 0 Å². The smallest absolute Gasteiger partial charge is 0.293 e. The average molecular weight is 431 g/mol. The third-order valence-electron chi connectivity index (χ3n) is 5.28. The molecule has 0 saturated heterocycles. The van der Waals surface area contributed by atoms with Gasteiger partial charge in [0.05, 0.1) is 30.4 Å². The van der Waals surface area contributed by atoms with Crippen molar-refractivity contribution in [1.29, 1.82) is 0 Å². The Morgan fingerprint density at radius 1 is 1.12 bits per heavy atom. The van der Waals surface area contributed by atoms with E-state index in [2.05, 4.69) is 15.5 Å². The molecule has 2 aromatic heterocycles. The van der Waals surface area contributed by atoms with E-state index >= 15 is 0 Å². The maximum Gasteiger partial charge on any atom is 0.293 e. The summed E-state index contributed by atoms with van der Waals surface area (Å²) in [6.07, 6.45) is 1.67. The van der Waals surface area contributed by atoms with E-state index < -0.39 is 0 Å². The summed E-state index contributed by atoms with van der Waals surface area (Å²) in [4.78, 5) is 26.2. The van der Waals surface area contributed by atoms with Gasteiger partial charge in [-0.1, -0.05) is 44.2 Å². The molecule has 1 N–H and O–H groups in total. The van der Waals surface area contributed by atoms with E-state index in [4.69, 9.17) is 4.74 Å². The largest absolute Gasteiger partial charge is 0.495 e. The van der Waals surface area contributed by atoms with Crippen LogP contribution >= 0.6 is 0 Å². The number of para-hydroxylation sites is 3. The van der Waals surface area contributed by atoms with E-state index in [9.17, 15) is 9.59 Å². The number of methoxy groups -OCH3 is 1. The van der Waals surface area contributed by atoms with Crippen LogP contribution in [0, 0.1) is 6.92 Å². The molecule has 0 bridgehead atoms. The van der Waals surface area contributed by atoms with Crippen molar-refractivity contribution in [3.8, 4) is 11.4 Å². The average Bonchev–Trinajstić information content (AvgIpc) is 3.21. The molecule has 164 valence electrons. The number of nitrogens with zero attached hydrogens (tertiary/aromatic N) is 4. The number of aryl methyl sites for hydroxylation is 1. The Balaban J connectivity index is 1.79. The van der Waals surface area contributed by atoms with Crippen molar-refractivity contribution < 1.29 is 9.53 Å². The lowest BCUT2D eigenvalue weighted by Gasteiger charge is -2.13. The van der Waals surface area contributed by atoms with Crippen LogP contribution in [0.2, 0.25) is 0 Å². The van der Waals surface area contributed by atoms with Crippen LogP contribution in [-0.2, 0) is 11.3 Å². The molecule has 2 aromatic carbocycles. The maximum absolute atomic E-state index is 13.4. The molecule has 0 atom stereocenters. The second kappa shape index (κ2) is 8.66. The van der Waals surface area contributed by atoms with Gasteiger partial charge in [0.15, 0.2) is 0 Å². The maximum atomic E-state index is 13.4. The molecular formula is C24H25N5O3. The van der Waals surface area contributed by atoms with Crippen molar-refractivity contribution in [3.05, 3.63) is 76.3 Å². The van der Waals surface area contributed by atoms with Crippen LogP contribution in [-0.4, -0.2) is 32.6 Å². The number of fused-ring (bicyclic) bond motifs is 1. The molecular weight excluding hydrogens is 406 g/mol. The number of nitrogens with one attached hydrogen (secondary N) is 1. The van der Waals surface area contributed by atoms with Crippen molar-refractivity contribution in [2.45, 2.75) is 33.2 Å². The van der Waals surface area contributed by atoms with Gasteiger partial charge >= 0.3 is 0 Å². The molecule has 4 aromatic rings. The summed E-state index contributed by atoms with van der Waals surface area (Å²) >= 11 is 0. The zero-order valence-corrected chi connectivity index (χ0v) is 18.5. The Labute approximate surface area is 185 Å². The molecule has 2 heterocycles.